The van der Waals surface area contributed by atoms with E-state index in [2.05, 4.69) is 9.97 Å². The van der Waals surface area contributed by atoms with Gasteiger partial charge in [0.15, 0.2) is 5.78 Å². The number of H-pyrrole nitrogens is 2. The first kappa shape index (κ1) is 20.3. The van der Waals surface area contributed by atoms with E-state index in [4.69, 9.17) is 9.97 Å². The van der Waals surface area contributed by atoms with Crippen molar-refractivity contribution in [2.45, 2.75) is 88.9 Å². The van der Waals surface area contributed by atoms with Gasteiger partial charge in [-0.2, -0.15) is 0 Å². The van der Waals surface area contributed by atoms with Crippen LogP contribution in [0, 0.1) is 46.3 Å². The number of nitrogens with zero attached hydrogens (tertiary/aromatic N) is 2. The van der Waals surface area contributed by atoms with Crippen LogP contribution in [0.2, 0.25) is 0 Å². The molecule has 8 saturated carbocycles. The number of Topliss-reactive ketones (excluding diaryl/α,β-unsaturated/α-hetero) is 1. The van der Waals surface area contributed by atoms with Gasteiger partial charge in [0.2, 0.25) is 0 Å². The molecule has 2 unspecified atom stereocenters. The summed E-state index contributed by atoms with van der Waals surface area (Å²) in [5.74, 6) is 7.00. The highest BCUT2D eigenvalue weighted by Gasteiger charge is 2.62. The van der Waals surface area contributed by atoms with Crippen LogP contribution in [-0.2, 0) is 4.79 Å². The summed E-state index contributed by atoms with van der Waals surface area (Å²) in [5, 5.41) is 0. The van der Waals surface area contributed by atoms with Crippen molar-refractivity contribution in [3.05, 3.63) is 36.4 Å². The predicted molar refractivity (Wildman–Crippen MR) is 129 cm³/mol. The lowest BCUT2D eigenvalue weighted by atomic mass is 9.43. The van der Waals surface area contributed by atoms with E-state index in [0.717, 1.165) is 47.2 Å². The highest BCUT2D eigenvalue weighted by Crippen LogP contribution is 2.68. The summed E-state index contributed by atoms with van der Waals surface area (Å²) >= 11 is 0. The molecule has 2 aromatic heterocycles. The number of carbonyl (C=O) groups excluding carboxylic acids is 1. The molecule has 2 aromatic rings. The topological polar surface area (TPSA) is 74.4 Å². The first-order valence-corrected chi connectivity index (χ1v) is 14.1. The first-order chi connectivity index (χ1) is 16.6. The van der Waals surface area contributed by atoms with E-state index in [1.54, 1.807) is 0 Å². The lowest BCUT2D eigenvalue weighted by molar-refractivity contribution is -0.143. The molecule has 10 rings (SSSR count). The number of hydrogen-bond acceptors (Lipinski definition) is 3. The van der Waals surface area contributed by atoms with Crippen molar-refractivity contribution in [2.24, 2.45) is 46.3 Å². The van der Waals surface area contributed by atoms with Gasteiger partial charge in [-0.1, -0.05) is 0 Å². The quantitative estimate of drug-likeness (QED) is 0.557. The highest BCUT2D eigenvalue weighted by atomic mass is 16.1. The van der Waals surface area contributed by atoms with Gasteiger partial charge in [-0.3, -0.25) is 4.79 Å². The van der Waals surface area contributed by atoms with Crippen LogP contribution in [0.1, 0.15) is 101 Å². The van der Waals surface area contributed by atoms with Gasteiger partial charge in [0, 0.05) is 24.8 Å². The third-order valence-electron chi connectivity index (χ3n) is 11.6. The molecule has 180 valence electrons. The average molecular weight is 459 g/mol. The van der Waals surface area contributed by atoms with Crippen LogP contribution >= 0.6 is 0 Å². The number of aromatic nitrogens is 4. The third kappa shape index (κ3) is 2.88. The fourth-order valence-corrected chi connectivity index (χ4v) is 11.6. The molecule has 8 aliphatic rings. The molecular formula is C29H38N4O. The van der Waals surface area contributed by atoms with E-state index >= 15 is 4.79 Å². The average Bonchev–Trinajstić information content (AvgIpc) is 3.46. The Bertz CT molecular complexity index is 915. The van der Waals surface area contributed by atoms with Crippen LogP contribution in [-0.4, -0.2) is 25.7 Å². The molecule has 0 spiro atoms. The molecule has 0 saturated heterocycles. The summed E-state index contributed by atoms with van der Waals surface area (Å²) in [6.45, 7) is 0. The monoisotopic (exact) mass is 458 g/mol. The van der Waals surface area contributed by atoms with Gasteiger partial charge in [0.1, 0.15) is 11.6 Å². The molecule has 34 heavy (non-hydrogen) atoms. The number of ketones is 1. The summed E-state index contributed by atoms with van der Waals surface area (Å²) in [7, 11) is 0. The number of hydrogen-bond donors (Lipinski definition) is 2. The van der Waals surface area contributed by atoms with Crippen LogP contribution in [0.25, 0.3) is 0 Å². The van der Waals surface area contributed by atoms with Gasteiger partial charge in [-0.05, 0) is 123 Å². The molecule has 5 heteroatoms. The highest BCUT2D eigenvalue weighted by molar-refractivity contribution is 5.92. The maximum atomic E-state index is 15.2. The smallest absolute Gasteiger partial charge is 0.155 e. The van der Waals surface area contributed by atoms with E-state index in [-0.39, 0.29) is 22.7 Å². The minimum Gasteiger partial charge on any atom is -0.348 e. The zero-order valence-electron chi connectivity index (χ0n) is 20.2. The Morgan fingerprint density at radius 1 is 0.647 bits per heavy atom. The summed E-state index contributed by atoms with van der Waals surface area (Å²) in [5.41, 5.74) is 0.188. The van der Waals surface area contributed by atoms with Crippen LogP contribution in [0.4, 0.5) is 0 Å². The van der Waals surface area contributed by atoms with E-state index in [1.807, 2.05) is 24.8 Å². The Labute approximate surface area is 202 Å². The van der Waals surface area contributed by atoms with Gasteiger partial charge in [-0.25, -0.2) is 9.97 Å². The second kappa shape index (κ2) is 7.07. The number of carbonyl (C=O) groups is 1. The van der Waals surface area contributed by atoms with E-state index in [1.165, 1.54) is 77.0 Å². The molecule has 8 fully saturated rings. The summed E-state index contributed by atoms with van der Waals surface area (Å²) in [6.07, 6.45) is 23.3. The van der Waals surface area contributed by atoms with Gasteiger partial charge in [0.25, 0.3) is 0 Å². The molecule has 2 N–H and O–H groups in total. The normalized spacial score (nSPS) is 45.5. The molecule has 0 amide bonds. The van der Waals surface area contributed by atoms with Crippen molar-refractivity contribution in [2.75, 3.05) is 0 Å². The zero-order chi connectivity index (χ0) is 22.5. The van der Waals surface area contributed by atoms with Crippen molar-refractivity contribution in [1.82, 2.24) is 19.9 Å². The van der Waals surface area contributed by atoms with Gasteiger partial charge in [0.05, 0.1) is 11.8 Å². The number of imidazole rings is 2. The molecule has 2 atom stereocenters. The number of nitrogens with one attached hydrogen (secondary N) is 2. The molecule has 8 aliphatic carbocycles. The fraction of sp³-hybridized carbons (Fsp3) is 0.759. The maximum Gasteiger partial charge on any atom is 0.155 e. The Hall–Kier alpha value is -1.91. The second-order valence-electron chi connectivity index (χ2n) is 13.8. The number of rotatable bonds is 6. The van der Waals surface area contributed by atoms with Crippen LogP contribution < -0.4 is 0 Å². The maximum absolute atomic E-state index is 15.2. The molecule has 0 radical (unpaired) electrons. The van der Waals surface area contributed by atoms with Gasteiger partial charge in [-0.15, -0.1) is 0 Å². The van der Waals surface area contributed by atoms with Crippen molar-refractivity contribution < 1.29 is 4.79 Å². The van der Waals surface area contributed by atoms with E-state index in [9.17, 15) is 0 Å². The fourth-order valence-electron chi connectivity index (χ4n) is 11.6. The molecular weight excluding hydrogens is 420 g/mol. The summed E-state index contributed by atoms with van der Waals surface area (Å²) in [6, 6.07) is 0. The Morgan fingerprint density at radius 2 is 0.971 bits per heavy atom. The van der Waals surface area contributed by atoms with Gasteiger partial charge < -0.3 is 9.97 Å². The minimum atomic E-state index is -0.112. The molecule has 0 aromatic carbocycles. The van der Waals surface area contributed by atoms with Crippen molar-refractivity contribution in [3.63, 3.8) is 0 Å². The molecule has 2 heterocycles. The van der Waals surface area contributed by atoms with Crippen LogP contribution in [0.3, 0.4) is 0 Å². The molecule has 0 aliphatic heterocycles. The lowest BCUT2D eigenvalue weighted by Crippen LogP contribution is -2.55. The SMILES string of the molecule is O=C(C(c1ncc[nH]1)C12CC3CC(CC(C3)C1)C2)C(c1ncc[nH]1)C12CC3CC(CC(C3)C1)C2. The van der Waals surface area contributed by atoms with Crippen LogP contribution in [0.15, 0.2) is 24.8 Å². The Kier molecular flexibility index (Phi) is 4.22. The van der Waals surface area contributed by atoms with Crippen molar-refractivity contribution in [1.29, 1.82) is 0 Å². The standard InChI is InChI=1S/C29H38N4O/c34-25(23(26-30-1-2-31-26)28-11-17-5-18(12-28)7-19(6-17)13-28)24(27-32-3-4-33-27)29-14-20-8-21(15-29)10-22(9-20)16-29/h1-4,17-24H,5-16H2,(H,30,31)(H,32,33). The number of aromatic amines is 2. The Balaban J connectivity index is 1.25. The largest absolute Gasteiger partial charge is 0.348 e. The minimum absolute atomic E-state index is 0.0941. The molecule has 8 bridgehead atoms. The van der Waals surface area contributed by atoms with E-state index < -0.39 is 0 Å². The summed E-state index contributed by atoms with van der Waals surface area (Å²) < 4.78 is 0. The zero-order valence-corrected chi connectivity index (χ0v) is 20.2. The second-order valence-corrected chi connectivity index (χ2v) is 13.8. The molecule has 5 nitrogen and oxygen atoms in total. The first-order valence-electron chi connectivity index (χ1n) is 14.1. The predicted octanol–water partition coefficient (Wildman–Crippen LogP) is 6.00. The van der Waals surface area contributed by atoms with Gasteiger partial charge >= 0.3 is 0 Å². The summed E-state index contributed by atoms with van der Waals surface area (Å²) in [4.78, 5) is 31.7. The van der Waals surface area contributed by atoms with Crippen LogP contribution in [0.5, 0.6) is 0 Å². The third-order valence-corrected chi connectivity index (χ3v) is 11.6. The lowest BCUT2D eigenvalue weighted by Gasteiger charge is -2.61. The Morgan fingerprint density at radius 3 is 1.24 bits per heavy atom. The van der Waals surface area contributed by atoms with E-state index in [0.29, 0.717) is 5.78 Å². The van der Waals surface area contributed by atoms with Crippen molar-refractivity contribution >= 4 is 5.78 Å². The van der Waals surface area contributed by atoms with Crippen molar-refractivity contribution in [3.8, 4) is 0 Å².